The highest BCUT2D eigenvalue weighted by molar-refractivity contribution is 5.84. The highest BCUT2D eigenvalue weighted by Gasteiger charge is 2.12. The predicted octanol–water partition coefficient (Wildman–Crippen LogP) is 2.58. The first-order valence-electron chi connectivity index (χ1n) is 5.31. The van der Waals surface area contributed by atoms with Crippen molar-refractivity contribution in [3.8, 4) is 0 Å². The number of benzene rings is 1. The Hall–Kier alpha value is -1.28. The molecular formula is C13H17NO. The summed E-state index contributed by atoms with van der Waals surface area (Å²) >= 11 is 0. The normalized spacial score (nSPS) is 13.3. The standard InChI is InChI=1S/C13H17NO/c1-9-5-4-6-12-11(9)7-13(14(12)3)10(2)8-15/h4-7,10,15H,8H2,1-3H3. The van der Waals surface area contributed by atoms with Crippen LogP contribution in [-0.2, 0) is 7.05 Å². The van der Waals surface area contributed by atoms with Gasteiger partial charge < -0.3 is 9.67 Å². The third-order valence-corrected chi connectivity index (χ3v) is 3.12. The van der Waals surface area contributed by atoms with E-state index in [1.54, 1.807) is 0 Å². The Morgan fingerprint density at radius 1 is 1.40 bits per heavy atom. The molecule has 0 spiro atoms. The van der Waals surface area contributed by atoms with E-state index in [9.17, 15) is 5.11 Å². The fourth-order valence-corrected chi connectivity index (χ4v) is 2.10. The van der Waals surface area contributed by atoms with Gasteiger partial charge in [0.05, 0.1) is 6.61 Å². The van der Waals surface area contributed by atoms with Crippen LogP contribution in [0.5, 0.6) is 0 Å². The number of aliphatic hydroxyl groups is 1. The van der Waals surface area contributed by atoms with E-state index >= 15 is 0 Å². The largest absolute Gasteiger partial charge is 0.396 e. The number of aryl methyl sites for hydroxylation is 2. The van der Waals surface area contributed by atoms with Crippen molar-refractivity contribution >= 4 is 10.9 Å². The first kappa shape index (κ1) is 10.2. The van der Waals surface area contributed by atoms with Crippen LogP contribution in [-0.4, -0.2) is 16.3 Å². The number of fused-ring (bicyclic) bond motifs is 1. The third kappa shape index (κ3) is 1.55. The van der Waals surface area contributed by atoms with Gasteiger partial charge >= 0.3 is 0 Å². The average Bonchev–Trinajstić information content (AvgIpc) is 2.57. The minimum absolute atomic E-state index is 0.196. The number of hydrogen-bond donors (Lipinski definition) is 1. The zero-order valence-corrected chi connectivity index (χ0v) is 9.49. The van der Waals surface area contributed by atoms with Crippen molar-refractivity contribution in [1.82, 2.24) is 4.57 Å². The molecule has 2 nitrogen and oxygen atoms in total. The first-order chi connectivity index (χ1) is 7.15. The van der Waals surface area contributed by atoms with E-state index < -0.39 is 0 Å². The average molecular weight is 203 g/mol. The molecule has 0 radical (unpaired) electrons. The van der Waals surface area contributed by atoms with Crippen LogP contribution in [0.15, 0.2) is 24.3 Å². The molecule has 0 fully saturated rings. The van der Waals surface area contributed by atoms with Gasteiger partial charge in [-0.1, -0.05) is 19.1 Å². The molecule has 1 aromatic carbocycles. The van der Waals surface area contributed by atoms with Gasteiger partial charge in [0.25, 0.3) is 0 Å². The second kappa shape index (κ2) is 3.70. The van der Waals surface area contributed by atoms with E-state index in [1.807, 2.05) is 6.92 Å². The Balaban J connectivity index is 2.69. The minimum atomic E-state index is 0.196. The predicted molar refractivity (Wildman–Crippen MR) is 63.2 cm³/mol. The maximum absolute atomic E-state index is 9.19. The van der Waals surface area contributed by atoms with E-state index in [2.05, 4.69) is 42.8 Å². The fourth-order valence-electron chi connectivity index (χ4n) is 2.10. The van der Waals surface area contributed by atoms with Gasteiger partial charge in [-0.3, -0.25) is 0 Å². The summed E-state index contributed by atoms with van der Waals surface area (Å²) in [6.07, 6.45) is 0. The smallest absolute Gasteiger partial charge is 0.0511 e. The molecule has 1 aromatic heterocycles. The first-order valence-corrected chi connectivity index (χ1v) is 5.31. The van der Waals surface area contributed by atoms with Gasteiger partial charge in [-0.05, 0) is 24.6 Å². The summed E-state index contributed by atoms with van der Waals surface area (Å²) in [7, 11) is 2.06. The quantitative estimate of drug-likeness (QED) is 0.797. The molecule has 0 aliphatic heterocycles. The van der Waals surface area contributed by atoms with Gasteiger partial charge in [0, 0.05) is 29.6 Å². The number of rotatable bonds is 2. The molecule has 0 bridgehead atoms. The van der Waals surface area contributed by atoms with Gasteiger partial charge in [-0.15, -0.1) is 0 Å². The summed E-state index contributed by atoms with van der Waals surface area (Å²) in [5.41, 5.74) is 3.73. The SMILES string of the molecule is Cc1cccc2c1cc(C(C)CO)n2C. The van der Waals surface area contributed by atoms with Gasteiger partial charge in [-0.25, -0.2) is 0 Å². The van der Waals surface area contributed by atoms with Crippen LogP contribution >= 0.6 is 0 Å². The van der Waals surface area contributed by atoms with Gasteiger partial charge in [0.1, 0.15) is 0 Å². The fraction of sp³-hybridized carbons (Fsp3) is 0.385. The van der Waals surface area contributed by atoms with Crippen LogP contribution in [0.4, 0.5) is 0 Å². The highest BCUT2D eigenvalue weighted by atomic mass is 16.3. The lowest BCUT2D eigenvalue weighted by Gasteiger charge is -2.09. The summed E-state index contributed by atoms with van der Waals surface area (Å²) in [5, 5.41) is 10.5. The zero-order valence-electron chi connectivity index (χ0n) is 9.49. The van der Waals surface area contributed by atoms with Crippen molar-refractivity contribution in [2.45, 2.75) is 19.8 Å². The van der Waals surface area contributed by atoms with E-state index in [4.69, 9.17) is 0 Å². The summed E-state index contributed by atoms with van der Waals surface area (Å²) in [5.74, 6) is 0.196. The molecule has 1 N–H and O–H groups in total. The van der Waals surface area contributed by atoms with Crippen molar-refractivity contribution in [3.63, 3.8) is 0 Å². The number of aliphatic hydroxyl groups excluding tert-OH is 1. The van der Waals surface area contributed by atoms with E-state index in [-0.39, 0.29) is 12.5 Å². The summed E-state index contributed by atoms with van der Waals surface area (Å²) in [6.45, 7) is 4.36. The molecule has 0 saturated heterocycles. The highest BCUT2D eigenvalue weighted by Crippen LogP contribution is 2.26. The molecule has 0 aliphatic carbocycles. The van der Waals surface area contributed by atoms with E-state index in [0.29, 0.717) is 0 Å². The molecule has 1 unspecified atom stereocenters. The number of hydrogen-bond acceptors (Lipinski definition) is 1. The van der Waals surface area contributed by atoms with Crippen LogP contribution in [0.2, 0.25) is 0 Å². The lowest BCUT2D eigenvalue weighted by atomic mass is 10.1. The lowest BCUT2D eigenvalue weighted by Crippen LogP contribution is -2.04. The Bertz CT molecular complexity index is 484. The van der Waals surface area contributed by atoms with Crippen LogP contribution in [0.1, 0.15) is 24.1 Å². The van der Waals surface area contributed by atoms with E-state index in [0.717, 1.165) is 0 Å². The van der Waals surface area contributed by atoms with Crippen LogP contribution in [0.25, 0.3) is 10.9 Å². The molecular weight excluding hydrogens is 186 g/mol. The monoisotopic (exact) mass is 203 g/mol. The molecule has 0 saturated carbocycles. The summed E-state index contributed by atoms with van der Waals surface area (Å²) in [4.78, 5) is 0. The summed E-state index contributed by atoms with van der Waals surface area (Å²) < 4.78 is 2.17. The molecule has 1 heterocycles. The molecule has 1 atom stereocenters. The topological polar surface area (TPSA) is 25.2 Å². The van der Waals surface area contributed by atoms with Crippen molar-refractivity contribution in [1.29, 1.82) is 0 Å². The second-order valence-corrected chi connectivity index (χ2v) is 4.22. The Labute approximate surface area is 90.2 Å². The molecule has 2 aromatic rings. The van der Waals surface area contributed by atoms with Crippen LogP contribution in [0, 0.1) is 6.92 Å². The molecule has 0 amide bonds. The Kier molecular flexibility index (Phi) is 2.53. The zero-order chi connectivity index (χ0) is 11.0. The van der Waals surface area contributed by atoms with Crippen molar-refractivity contribution < 1.29 is 5.11 Å². The number of aromatic nitrogens is 1. The van der Waals surface area contributed by atoms with Crippen molar-refractivity contribution in [3.05, 3.63) is 35.5 Å². The van der Waals surface area contributed by atoms with Gasteiger partial charge in [0.2, 0.25) is 0 Å². The van der Waals surface area contributed by atoms with Crippen molar-refractivity contribution in [2.75, 3.05) is 6.61 Å². The second-order valence-electron chi connectivity index (χ2n) is 4.22. The van der Waals surface area contributed by atoms with Gasteiger partial charge in [0.15, 0.2) is 0 Å². The maximum atomic E-state index is 9.19. The van der Waals surface area contributed by atoms with Crippen LogP contribution < -0.4 is 0 Å². The molecule has 15 heavy (non-hydrogen) atoms. The van der Waals surface area contributed by atoms with Crippen LogP contribution in [0.3, 0.4) is 0 Å². The third-order valence-electron chi connectivity index (χ3n) is 3.12. The lowest BCUT2D eigenvalue weighted by molar-refractivity contribution is 0.269. The van der Waals surface area contributed by atoms with Crippen molar-refractivity contribution in [2.24, 2.45) is 7.05 Å². The Morgan fingerprint density at radius 3 is 2.73 bits per heavy atom. The maximum Gasteiger partial charge on any atom is 0.0511 e. The number of nitrogens with zero attached hydrogens (tertiary/aromatic N) is 1. The van der Waals surface area contributed by atoms with E-state index in [1.165, 1.54) is 22.2 Å². The molecule has 80 valence electrons. The Morgan fingerprint density at radius 2 is 2.13 bits per heavy atom. The van der Waals surface area contributed by atoms with Gasteiger partial charge in [-0.2, -0.15) is 0 Å². The molecule has 2 heteroatoms. The summed E-state index contributed by atoms with van der Waals surface area (Å²) in [6, 6.07) is 8.50. The minimum Gasteiger partial charge on any atom is -0.396 e. The molecule has 0 aliphatic rings. The molecule has 2 rings (SSSR count).